The number of nitrogens with zero attached hydrogens (tertiary/aromatic N) is 2. The topological polar surface area (TPSA) is 97.4 Å². The number of Topliss-reactive ketones (excluding diaryl/α,β-unsaturated/α-hetero) is 1. The summed E-state index contributed by atoms with van der Waals surface area (Å²) in [6.45, 7) is 10.4. The van der Waals surface area contributed by atoms with Crippen LogP contribution in [0, 0.1) is 5.92 Å². The number of benzene rings is 1. The molecule has 9 heteroatoms. The molecule has 0 spiro atoms. The Morgan fingerprint density at radius 1 is 1.16 bits per heavy atom. The SMILES string of the molecule is CCO[C@H]1CN(C(=O)[C@@H](NC(=O)c2ccc(C3CCN(CCOC)CC3)cc2)[C@@H](C)CC)[C@@H]2C(=O)CO[C@H]12. The third-order valence-corrected chi connectivity index (χ3v) is 8.41. The van der Waals surface area contributed by atoms with Crippen LogP contribution in [0.1, 0.15) is 61.9 Å². The molecule has 3 heterocycles. The van der Waals surface area contributed by atoms with Crippen LogP contribution in [-0.2, 0) is 23.8 Å². The first-order chi connectivity index (χ1) is 18.4. The molecule has 0 saturated carbocycles. The standard InChI is InChI=1S/C29H43N3O6/c1-5-19(3)25(29(35)32-17-24(37-6-2)27-26(32)23(33)18-38-27)30-28(34)22-9-7-20(8-10-22)21-11-13-31(14-12-21)15-16-36-4/h7-10,19,21,24-27H,5-6,11-18H2,1-4H3,(H,30,34)/t19-,24-,25-,26+,27+/m0/s1. The van der Waals surface area contributed by atoms with Crippen LogP contribution in [0.15, 0.2) is 24.3 Å². The van der Waals surface area contributed by atoms with Gasteiger partial charge in [0.05, 0.1) is 13.2 Å². The third kappa shape index (κ3) is 6.28. The Balaban J connectivity index is 1.40. The normalized spacial score (nSPS) is 25.8. The first kappa shape index (κ1) is 28.7. The van der Waals surface area contributed by atoms with E-state index in [0.717, 1.165) is 39.1 Å². The zero-order valence-corrected chi connectivity index (χ0v) is 23.2. The molecule has 9 nitrogen and oxygen atoms in total. The molecule has 4 rings (SSSR count). The summed E-state index contributed by atoms with van der Waals surface area (Å²) in [7, 11) is 1.73. The minimum Gasteiger partial charge on any atom is -0.383 e. The van der Waals surface area contributed by atoms with Crippen molar-refractivity contribution in [2.75, 3.05) is 53.1 Å². The molecule has 3 fully saturated rings. The van der Waals surface area contributed by atoms with E-state index in [-0.39, 0.29) is 42.8 Å². The van der Waals surface area contributed by atoms with Crippen LogP contribution in [0.3, 0.4) is 0 Å². The Hall–Kier alpha value is -2.33. The van der Waals surface area contributed by atoms with Crippen LogP contribution < -0.4 is 5.32 Å². The smallest absolute Gasteiger partial charge is 0.251 e. The lowest BCUT2D eigenvalue weighted by Gasteiger charge is -2.32. The number of carbonyl (C=O) groups is 3. The van der Waals surface area contributed by atoms with Gasteiger partial charge in [-0.1, -0.05) is 32.4 Å². The molecular formula is C29H43N3O6. The average molecular weight is 530 g/mol. The monoisotopic (exact) mass is 529 g/mol. The van der Waals surface area contributed by atoms with Crippen LogP contribution in [0.2, 0.25) is 0 Å². The fraction of sp³-hybridized carbons (Fsp3) is 0.690. The van der Waals surface area contributed by atoms with Crippen LogP contribution >= 0.6 is 0 Å². The first-order valence-electron chi connectivity index (χ1n) is 14.1. The predicted molar refractivity (Wildman–Crippen MR) is 143 cm³/mol. The van der Waals surface area contributed by atoms with Crippen molar-refractivity contribution < 1.29 is 28.6 Å². The van der Waals surface area contributed by atoms with E-state index in [0.29, 0.717) is 24.5 Å². The Morgan fingerprint density at radius 3 is 2.50 bits per heavy atom. The Morgan fingerprint density at radius 2 is 1.87 bits per heavy atom. The maximum atomic E-state index is 13.7. The van der Waals surface area contributed by atoms with E-state index < -0.39 is 18.2 Å². The Bertz CT molecular complexity index is 962. The predicted octanol–water partition coefficient (Wildman–Crippen LogP) is 2.24. The summed E-state index contributed by atoms with van der Waals surface area (Å²) in [6.07, 6.45) is 2.10. The number of piperidine rings is 1. The molecule has 1 N–H and O–H groups in total. The largest absolute Gasteiger partial charge is 0.383 e. The highest BCUT2D eigenvalue weighted by Crippen LogP contribution is 2.31. The van der Waals surface area contributed by atoms with Gasteiger partial charge in [0, 0.05) is 25.8 Å². The van der Waals surface area contributed by atoms with E-state index in [2.05, 4.69) is 10.2 Å². The van der Waals surface area contributed by atoms with Crippen LogP contribution in [-0.4, -0.2) is 105 Å². The molecule has 2 amide bonds. The quantitative estimate of drug-likeness (QED) is 0.470. The van der Waals surface area contributed by atoms with E-state index in [4.69, 9.17) is 14.2 Å². The van der Waals surface area contributed by atoms with Gasteiger partial charge < -0.3 is 29.3 Å². The number of fused-ring (bicyclic) bond motifs is 1. The lowest BCUT2D eigenvalue weighted by atomic mass is 9.89. The second kappa shape index (κ2) is 13.2. The molecule has 1 aromatic carbocycles. The molecule has 0 aliphatic carbocycles. The van der Waals surface area contributed by atoms with Crippen molar-refractivity contribution in [1.29, 1.82) is 0 Å². The van der Waals surface area contributed by atoms with Crippen molar-refractivity contribution in [2.45, 2.75) is 70.2 Å². The molecule has 0 unspecified atom stereocenters. The van der Waals surface area contributed by atoms with E-state index in [9.17, 15) is 14.4 Å². The van der Waals surface area contributed by atoms with E-state index in [1.807, 2.05) is 45.0 Å². The highest BCUT2D eigenvalue weighted by Gasteiger charge is 2.54. The summed E-state index contributed by atoms with van der Waals surface area (Å²) in [4.78, 5) is 43.6. The Labute approximate surface area is 226 Å². The molecule has 0 radical (unpaired) electrons. The van der Waals surface area contributed by atoms with Gasteiger partial charge in [-0.3, -0.25) is 14.4 Å². The summed E-state index contributed by atoms with van der Waals surface area (Å²) in [5.74, 6) is -0.264. The zero-order chi connectivity index (χ0) is 27.2. The van der Waals surface area contributed by atoms with E-state index >= 15 is 0 Å². The number of methoxy groups -OCH3 is 1. The molecule has 3 aliphatic heterocycles. The first-order valence-corrected chi connectivity index (χ1v) is 14.1. The molecule has 0 bridgehead atoms. The van der Waals surface area contributed by atoms with Crippen LogP contribution in [0.25, 0.3) is 0 Å². The second-order valence-electron chi connectivity index (χ2n) is 10.7. The molecule has 38 heavy (non-hydrogen) atoms. The van der Waals surface area contributed by atoms with Crippen molar-refractivity contribution >= 4 is 17.6 Å². The molecule has 1 aromatic rings. The van der Waals surface area contributed by atoms with Gasteiger partial charge in [-0.2, -0.15) is 0 Å². The zero-order valence-electron chi connectivity index (χ0n) is 23.2. The van der Waals surface area contributed by atoms with Crippen molar-refractivity contribution in [3.8, 4) is 0 Å². The minimum atomic E-state index is -0.738. The fourth-order valence-corrected chi connectivity index (χ4v) is 5.90. The summed E-state index contributed by atoms with van der Waals surface area (Å²) < 4.78 is 16.6. The van der Waals surface area contributed by atoms with Gasteiger partial charge in [-0.15, -0.1) is 0 Å². The van der Waals surface area contributed by atoms with Gasteiger partial charge >= 0.3 is 0 Å². The van der Waals surface area contributed by atoms with Crippen molar-refractivity contribution in [1.82, 2.24) is 15.1 Å². The van der Waals surface area contributed by atoms with E-state index in [1.54, 1.807) is 12.0 Å². The van der Waals surface area contributed by atoms with Gasteiger partial charge in [0.1, 0.15) is 30.9 Å². The second-order valence-corrected chi connectivity index (χ2v) is 10.7. The van der Waals surface area contributed by atoms with Gasteiger partial charge in [0.2, 0.25) is 5.91 Å². The number of carbonyl (C=O) groups excluding carboxylic acids is 3. The third-order valence-electron chi connectivity index (χ3n) is 8.41. The Kier molecular flexibility index (Phi) is 9.92. The lowest BCUT2D eigenvalue weighted by Crippen LogP contribution is -2.54. The molecule has 3 aliphatic rings. The fourth-order valence-electron chi connectivity index (χ4n) is 5.90. The van der Waals surface area contributed by atoms with Crippen molar-refractivity contribution in [3.63, 3.8) is 0 Å². The number of rotatable bonds is 11. The number of likely N-dealkylation sites (tertiary alicyclic amines) is 2. The van der Waals surface area contributed by atoms with Gasteiger partial charge in [0.25, 0.3) is 5.91 Å². The summed E-state index contributed by atoms with van der Waals surface area (Å²) >= 11 is 0. The van der Waals surface area contributed by atoms with Gasteiger partial charge in [-0.25, -0.2) is 0 Å². The number of amides is 2. The van der Waals surface area contributed by atoms with Gasteiger partial charge in [-0.05, 0) is 62.4 Å². The minimum absolute atomic E-state index is 0.0123. The number of ketones is 1. The highest BCUT2D eigenvalue weighted by atomic mass is 16.6. The van der Waals surface area contributed by atoms with Gasteiger partial charge in [0.15, 0.2) is 5.78 Å². The molecule has 0 aromatic heterocycles. The van der Waals surface area contributed by atoms with Crippen LogP contribution in [0.5, 0.6) is 0 Å². The number of hydrogen-bond acceptors (Lipinski definition) is 7. The highest BCUT2D eigenvalue weighted by molar-refractivity contribution is 5.99. The number of ether oxygens (including phenoxy) is 3. The lowest BCUT2D eigenvalue weighted by molar-refractivity contribution is -0.139. The van der Waals surface area contributed by atoms with Crippen LogP contribution in [0.4, 0.5) is 0 Å². The summed E-state index contributed by atoms with van der Waals surface area (Å²) in [5.41, 5.74) is 1.77. The molecule has 210 valence electrons. The number of nitrogens with one attached hydrogen (secondary N) is 1. The summed E-state index contributed by atoms with van der Waals surface area (Å²) in [5, 5.41) is 2.98. The van der Waals surface area contributed by atoms with E-state index in [1.165, 1.54) is 5.56 Å². The van der Waals surface area contributed by atoms with Crippen molar-refractivity contribution in [3.05, 3.63) is 35.4 Å². The maximum Gasteiger partial charge on any atom is 0.251 e. The summed E-state index contributed by atoms with van der Waals surface area (Å²) in [6, 6.07) is 6.39. The average Bonchev–Trinajstić information content (AvgIpc) is 3.50. The molecule has 3 saturated heterocycles. The van der Waals surface area contributed by atoms with Crippen molar-refractivity contribution in [2.24, 2.45) is 5.92 Å². The molecular weight excluding hydrogens is 486 g/mol. The molecule has 5 atom stereocenters. The number of hydrogen-bond donors (Lipinski definition) is 1. The maximum absolute atomic E-state index is 13.7.